The Kier molecular flexibility index (Phi) is 4.99. The number of hydrogen-bond acceptors (Lipinski definition) is 3. The molecule has 3 heterocycles. The lowest BCUT2D eigenvalue weighted by atomic mass is 9.87. The molecule has 1 aliphatic carbocycles. The summed E-state index contributed by atoms with van der Waals surface area (Å²) in [7, 11) is 0. The van der Waals surface area contributed by atoms with E-state index in [1.54, 1.807) is 0 Å². The quantitative estimate of drug-likeness (QED) is 0.473. The van der Waals surface area contributed by atoms with Crippen LogP contribution >= 0.6 is 24.0 Å². The molecule has 0 amide bonds. The van der Waals surface area contributed by atoms with Gasteiger partial charge in [-0.2, -0.15) is 5.10 Å². The van der Waals surface area contributed by atoms with Gasteiger partial charge < -0.3 is 4.57 Å². The van der Waals surface area contributed by atoms with Crippen LogP contribution in [0.4, 0.5) is 0 Å². The first-order chi connectivity index (χ1) is 12.7. The minimum Gasteiger partial charge on any atom is -0.300 e. The second-order valence-electron chi connectivity index (χ2n) is 7.53. The number of imidazole rings is 1. The van der Waals surface area contributed by atoms with Gasteiger partial charge in [-0.25, -0.2) is 14.6 Å². The van der Waals surface area contributed by atoms with E-state index in [2.05, 4.69) is 9.55 Å². The molecule has 5 rings (SSSR count). The van der Waals surface area contributed by atoms with Gasteiger partial charge in [-0.05, 0) is 31.0 Å². The summed E-state index contributed by atoms with van der Waals surface area (Å²) in [5.74, 6) is 2.60. The van der Waals surface area contributed by atoms with Crippen LogP contribution in [0.3, 0.4) is 0 Å². The van der Waals surface area contributed by atoms with Crippen molar-refractivity contribution in [2.45, 2.75) is 52.0 Å². The number of fused-ring (bicyclic) bond motifs is 5. The summed E-state index contributed by atoms with van der Waals surface area (Å²) in [4.78, 5) is 9.44. The third kappa shape index (κ3) is 3.27. The lowest BCUT2D eigenvalue weighted by molar-refractivity contribution is 0.351. The van der Waals surface area contributed by atoms with Gasteiger partial charge in [-0.1, -0.05) is 43.7 Å². The zero-order chi connectivity index (χ0) is 17.7. The van der Waals surface area contributed by atoms with Crippen LogP contribution < -0.4 is 0 Å². The summed E-state index contributed by atoms with van der Waals surface area (Å²) >= 11 is 6.31. The zero-order valence-electron chi connectivity index (χ0n) is 15.4. The first kappa shape index (κ1) is 18.5. The van der Waals surface area contributed by atoms with E-state index in [9.17, 15) is 0 Å². The molecule has 142 valence electrons. The monoisotopic (exact) mass is 403 g/mol. The van der Waals surface area contributed by atoms with Crippen LogP contribution in [0.2, 0.25) is 5.02 Å². The van der Waals surface area contributed by atoms with Crippen molar-refractivity contribution in [2.24, 2.45) is 5.92 Å². The van der Waals surface area contributed by atoms with E-state index in [1.165, 1.54) is 32.1 Å². The lowest BCUT2D eigenvalue weighted by Gasteiger charge is -2.19. The summed E-state index contributed by atoms with van der Waals surface area (Å²) in [6.45, 7) is 2.73. The molecule has 2 aromatic heterocycles. The van der Waals surface area contributed by atoms with Crippen molar-refractivity contribution >= 4 is 24.0 Å². The van der Waals surface area contributed by atoms with Crippen LogP contribution in [-0.4, -0.2) is 24.3 Å². The van der Waals surface area contributed by atoms with Gasteiger partial charge in [0.1, 0.15) is 0 Å². The van der Waals surface area contributed by atoms with Crippen LogP contribution in [0.15, 0.2) is 24.5 Å². The van der Waals surface area contributed by atoms with E-state index in [1.807, 2.05) is 36.1 Å². The standard InChI is InChI=1S/C20H22ClN5.ClH/c1-13-18-11-26-20(23-19(24-26)9-14-5-3-2-4-6-14)16-10-15(21)7-8-17(16)25(18)12-22-13;/h7-8,10,12,14H,2-6,9,11H2,1H3;1H. The number of rotatable bonds is 2. The zero-order valence-corrected chi connectivity index (χ0v) is 16.9. The van der Waals surface area contributed by atoms with E-state index in [0.29, 0.717) is 11.6 Å². The average molecular weight is 404 g/mol. The fourth-order valence-corrected chi connectivity index (χ4v) is 4.51. The lowest BCUT2D eigenvalue weighted by Crippen LogP contribution is -2.11. The molecule has 0 saturated heterocycles. The van der Waals surface area contributed by atoms with Crippen LogP contribution in [0, 0.1) is 12.8 Å². The Balaban J connectivity index is 0.00000180. The van der Waals surface area contributed by atoms with Crippen LogP contribution in [0.1, 0.15) is 49.3 Å². The number of hydrogen-bond donors (Lipinski definition) is 0. The maximum atomic E-state index is 6.31. The highest BCUT2D eigenvalue weighted by molar-refractivity contribution is 6.31. The Bertz CT molecular complexity index is 969. The molecule has 0 radical (unpaired) electrons. The molecule has 5 nitrogen and oxygen atoms in total. The molecule has 1 aliphatic heterocycles. The SMILES string of the molecule is Cc1ncn2c1Cn1nc(CC3CCCCC3)nc1-c1cc(Cl)ccc1-2.Cl. The molecule has 1 aromatic carbocycles. The van der Waals surface area contributed by atoms with E-state index < -0.39 is 0 Å². The molecule has 2 aliphatic rings. The number of halogens is 2. The van der Waals surface area contributed by atoms with Gasteiger partial charge in [0.15, 0.2) is 11.6 Å². The van der Waals surface area contributed by atoms with Gasteiger partial charge >= 0.3 is 0 Å². The van der Waals surface area contributed by atoms with Gasteiger partial charge in [-0.15, -0.1) is 12.4 Å². The Morgan fingerprint density at radius 1 is 1.19 bits per heavy atom. The molecule has 0 N–H and O–H groups in total. The average Bonchev–Trinajstić information content (AvgIpc) is 3.17. The van der Waals surface area contributed by atoms with Crippen molar-refractivity contribution in [1.29, 1.82) is 0 Å². The fraction of sp³-hybridized carbons (Fsp3) is 0.450. The topological polar surface area (TPSA) is 48.5 Å². The second-order valence-corrected chi connectivity index (χ2v) is 7.96. The van der Waals surface area contributed by atoms with E-state index in [4.69, 9.17) is 21.7 Å². The van der Waals surface area contributed by atoms with Gasteiger partial charge in [0.25, 0.3) is 0 Å². The van der Waals surface area contributed by atoms with E-state index in [0.717, 1.165) is 46.6 Å². The van der Waals surface area contributed by atoms with Crippen molar-refractivity contribution in [3.05, 3.63) is 46.8 Å². The Morgan fingerprint density at radius 2 is 2.00 bits per heavy atom. The summed E-state index contributed by atoms with van der Waals surface area (Å²) in [5.41, 5.74) is 4.28. The molecular weight excluding hydrogens is 381 g/mol. The number of benzene rings is 1. The second kappa shape index (κ2) is 7.28. The van der Waals surface area contributed by atoms with Gasteiger partial charge in [0.2, 0.25) is 0 Å². The van der Waals surface area contributed by atoms with Gasteiger partial charge in [0.05, 0.1) is 29.9 Å². The van der Waals surface area contributed by atoms with Crippen molar-refractivity contribution in [2.75, 3.05) is 0 Å². The van der Waals surface area contributed by atoms with Crippen molar-refractivity contribution in [3.63, 3.8) is 0 Å². The predicted octanol–water partition coefficient (Wildman–Crippen LogP) is 5.00. The minimum atomic E-state index is 0. The van der Waals surface area contributed by atoms with Crippen molar-refractivity contribution < 1.29 is 0 Å². The van der Waals surface area contributed by atoms with E-state index in [-0.39, 0.29) is 12.4 Å². The Hall–Kier alpha value is -1.85. The van der Waals surface area contributed by atoms with Gasteiger partial charge in [0, 0.05) is 17.0 Å². The molecule has 7 heteroatoms. The molecular formula is C20H23Cl2N5. The minimum absolute atomic E-state index is 0. The Labute approximate surface area is 170 Å². The molecule has 0 atom stereocenters. The molecule has 0 unspecified atom stereocenters. The molecule has 0 bridgehead atoms. The summed E-state index contributed by atoms with van der Waals surface area (Å²) < 4.78 is 4.17. The number of aryl methyl sites for hydroxylation is 1. The predicted molar refractivity (Wildman–Crippen MR) is 109 cm³/mol. The fourth-order valence-electron chi connectivity index (χ4n) is 4.33. The largest absolute Gasteiger partial charge is 0.300 e. The first-order valence-corrected chi connectivity index (χ1v) is 9.83. The van der Waals surface area contributed by atoms with Crippen LogP contribution in [0.5, 0.6) is 0 Å². The molecule has 0 spiro atoms. The maximum absolute atomic E-state index is 6.31. The summed E-state index contributed by atoms with van der Waals surface area (Å²) in [6, 6.07) is 5.97. The molecule has 1 saturated carbocycles. The summed E-state index contributed by atoms with van der Waals surface area (Å²) in [5, 5.41) is 5.59. The third-order valence-electron chi connectivity index (χ3n) is 5.75. The van der Waals surface area contributed by atoms with E-state index >= 15 is 0 Å². The summed E-state index contributed by atoms with van der Waals surface area (Å²) in [6.07, 6.45) is 9.53. The van der Waals surface area contributed by atoms with Crippen LogP contribution in [0.25, 0.3) is 17.1 Å². The van der Waals surface area contributed by atoms with Crippen molar-refractivity contribution in [3.8, 4) is 17.1 Å². The maximum Gasteiger partial charge on any atom is 0.160 e. The Morgan fingerprint density at radius 3 is 2.81 bits per heavy atom. The normalized spacial score (nSPS) is 16.1. The molecule has 27 heavy (non-hydrogen) atoms. The number of nitrogens with zero attached hydrogens (tertiary/aromatic N) is 5. The highest BCUT2D eigenvalue weighted by Crippen LogP contribution is 2.34. The first-order valence-electron chi connectivity index (χ1n) is 9.46. The molecule has 3 aromatic rings. The third-order valence-corrected chi connectivity index (χ3v) is 5.98. The number of aromatic nitrogens is 5. The highest BCUT2D eigenvalue weighted by Gasteiger charge is 2.25. The van der Waals surface area contributed by atoms with Crippen LogP contribution in [-0.2, 0) is 13.0 Å². The highest BCUT2D eigenvalue weighted by atomic mass is 35.5. The van der Waals surface area contributed by atoms with Gasteiger partial charge in [-0.3, -0.25) is 0 Å². The smallest absolute Gasteiger partial charge is 0.160 e. The molecule has 1 fully saturated rings. The van der Waals surface area contributed by atoms with Crippen molar-refractivity contribution in [1.82, 2.24) is 24.3 Å².